The molecule has 0 unspecified atom stereocenters. The van der Waals surface area contributed by atoms with Crippen LogP contribution in [0.25, 0.3) is 0 Å². The number of carbonyl (C=O) groups is 2. The van der Waals surface area contributed by atoms with Crippen LogP contribution in [0.5, 0.6) is 0 Å². The zero-order valence-electron chi connectivity index (χ0n) is 14.9. The predicted molar refractivity (Wildman–Crippen MR) is 98.2 cm³/mol. The summed E-state index contributed by atoms with van der Waals surface area (Å²) in [6.07, 6.45) is 3.00. The van der Waals surface area contributed by atoms with Gasteiger partial charge in [0, 0.05) is 28.1 Å². The molecule has 0 heterocycles. The molecule has 1 aromatic rings. The van der Waals surface area contributed by atoms with E-state index in [1.165, 1.54) is 0 Å². The number of nitrogens with one attached hydrogen (secondary N) is 2. The maximum absolute atomic E-state index is 12.5. The first-order valence-electron chi connectivity index (χ1n) is 8.55. The molecule has 1 fully saturated rings. The highest BCUT2D eigenvalue weighted by atomic mass is 35.5. The van der Waals surface area contributed by atoms with E-state index in [1.807, 2.05) is 45.9 Å². The van der Waals surface area contributed by atoms with Crippen molar-refractivity contribution >= 4 is 29.1 Å². The van der Waals surface area contributed by atoms with Gasteiger partial charge in [0.1, 0.15) is 0 Å². The van der Waals surface area contributed by atoms with Crippen molar-refractivity contribution in [2.24, 2.45) is 11.8 Å². The van der Waals surface area contributed by atoms with E-state index >= 15 is 0 Å². The van der Waals surface area contributed by atoms with E-state index in [4.69, 9.17) is 11.6 Å². The van der Waals surface area contributed by atoms with Crippen molar-refractivity contribution in [3.8, 4) is 0 Å². The molecule has 4 nitrogen and oxygen atoms in total. The lowest BCUT2D eigenvalue weighted by Gasteiger charge is -2.30. The maximum Gasteiger partial charge on any atom is 0.227 e. The van der Waals surface area contributed by atoms with E-state index < -0.39 is 0 Å². The third-order valence-electron chi connectivity index (χ3n) is 4.49. The maximum atomic E-state index is 12.5. The molecule has 0 bridgehead atoms. The molecule has 0 spiro atoms. The fourth-order valence-corrected chi connectivity index (χ4v) is 3.24. The normalized spacial score (nSPS) is 21.2. The summed E-state index contributed by atoms with van der Waals surface area (Å²) in [5.74, 6) is 0.102. The van der Waals surface area contributed by atoms with Gasteiger partial charge in [0.2, 0.25) is 11.8 Å². The lowest BCUT2D eigenvalue weighted by Crippen LogP contribution is -2.45. The molecule has 0 atom stereocenters. The van der Waals surface area contributed by atoms with Crippen molar-refractivity contribution in [1.82, 2.24) is 5.32 Å². The molecule has 1 aliphatic carbocycles. The minimum absolute atomic E-state index is 0.0150. The minimum Gasteiger partial charge on any atom is -0.351 e. The van der Waals surface area contributed by atoms with Crippen LogP contribution in [0.4, 0.5) is 5.69 Å². The molecule has 1 aliphatic rings. The van der Waals surface area contributed by atoms with Crippen LogP contribution in [-0.2, 0) is 9.59 Å². The zero-order valence-corrected chi connectivity index (χ0v) is 15.7. The average molecular weight is 351 g/mol. The number of hydrogen-bond acceptors (Lipinski definition) is 2. The Hall–Kier alpha value is -1.55. The molecule has 2 rings (SSSR count). The van der Waals surface area contributed by atoms with Crippen molar-refractivity contribution in [2.45, 2.75) is 58.9 Å². The molecule has 1 saturated carbocycles. The first-order chi connectivity index (χ1) is 11.2. The summed E-state index contributed by atoms with van der Waals surface area (Å²) < 4.78 is 0. The molecular formula is C19H27ClN2O2. The summed E-state index contributed by atoms with van der Waals surface area (Å²) >= 11 is 6.09. The van der Waals surface area contributed by atoms with Crippen molar-refractivity contribution < 1.29 is 9.59 Å². The van der Waals surface area contributed by atoms with Gasteiger partial charge in [-0.3, -0.25) is 9.59 Å². The third kappa shape index (κ3) is 4.97. The Kier molecular flexibility index (Phi) is 5.92. The van der Waals surface area contributed by atoms with Crippen LogP contribution in [0.3, 0.4) is 0 Å². The van der Waals surface area contributed by atoms with E-state index in [1.54, 1.807) is 0 Å². The Balaban J connectivity index is 1.89. The van der Waals surface area contributed by atoms with E-state index in [2.05, 4.69) is 10.6 Å². The average Bonchev–Trinajstić information content (AvgIpc) is 2.50. The molecule has 0 aliphatic heterocycles. The summed E-state index contributed by atoms with van der Waals surface area (Å²) in [6.45, 7) is 7.84. The van der Waals surface area contributed by atoms with Gasteiger partial charge in [-0.25, -0.2) is 0 Å². The van der Waals surface area contributed by atoms with Crippen molar-refractivity contribution in [2.75, 3.05) is 5.32 Å². The van der Waals surface area contributed by atoms with Gasteiger partial charge in [-0.2, -0.15) is 0 Å². The van der Waals surface area contributed by atoms with Gasteiger partial charge < -0.3 is 10.6 Å². The Labute approximate surface area is 149 Å². The highest BCUT2D eigenvalue weighted by molar-refractivity contribution is 6.31. The van der Waals surface area contributed by atoms with Gasteiger partial charge in [0.15, 0.2) is 0 Å². The van der Waals surface area contributed by atoms with Crippen molar-refractivity contribution in [3.05, 3.63) is 28.8 Å². The number of amides is 2. The summed E-state index contributed by atoms with van der Waals surface area (Å²) in [4.78, 5) is 24.7. The van der Waals surface area contributed by atoms with Crippen LogP contribution in [0.1, 0.15) is 52.0 Å². The Morgan fingerprint density at radius 3 is 2.12 bits per heavy atom. The summed E-state index contributed by atoms with van der Waals surface area (Å²) in [6, 6.07) is 5.51. The SMILES string of the molecule is Cc1c(Cl)cccc1NC(=O)C1CCC(C(=O)NC(C)(C)C)CC1. The van der Waals surface area contributed by atoms with Crippen LogP contribution >= 0.6 is 11.6 Å². The van der Waals surface area contributed by atoms with E-state index in [-0.39, 0.29) is 29.2 Å². The van der Waals surface area contributed by atoms with Crippen molar-refractivity contribution in [3.63, 3.8) is 0 Å². The standard InChI is InChI=1S/C19H27ClN2O2/c1-12-15(20)6-5-7-16(12)21-17(23)13-8-10-14(11-9-13)18(24)22-19(2,3)4/h5-7,13-14H,8-11H2,1-4H3,(H,21,23)(H,22,24). The van der Waals surface area contributed by atoms with Crippen LogP contribution in [0, 0.1) is 18.8 Å². The van der Waals surface area contributed by atoms with Crippen LogP contribution in [-0.4, -0.2) is 17.4 Å². The smallest absolute Gasteiger partial charge is 0.227 e. The highest BCUT2D eigenvalue weighted by Gasteiger charge is 2.31. The second-order valence-electron chi connectivity index (χ2n) is 7.69. The van der Waals surface area contributed by atoms with E-state index in [0.29, 0.717) is 5.02 Å². The van der Waals surface area contributed by atoms with Crippen LogP contribution in [0.15, 0.2) is 18.2 Å². The van der Waals surface area contributed by atoms with E-state index in [0.717, 1.165) is 36.9 Å². The van der Waals surface area contributed by atoms with Gasteiger partial charge in [-0.05, 0) is 71.1 Å². The van der Waals surface area contributed by atoms with Gasteiger partial charge in [-0.15, -0.1) is 0 Å². The molecule has 0 radical (unpaired) electrons. The molecule has 0 saturated heterocycles. The monoisotopic (exact) mass is 350 g/mol. The Bertz CT molecular complexity index is 614. The summed E-state index contributed by atoms with van der Waals surface area (Å²) in [5.41, 5.74) is 1.43. The molecule has 2 N–H and O–H groups in total. The second kappa shape index (κ2) is 7.56. The van der Waals surface area contributed by atoms with Crippen LogP contribution in [0.2, 0.25) is 5.02 Å². The topological polar surface area (TPSA) is 58.2 Å². The zero-order chi connectivity index (χ0) is 17.9. The van der Waals surface area contributed by atoms with Gasteiger partial charge >= 0.3 is 0 Å². The van der Waals surface area contributed by atoms with Crippen molar-refractivity contribution in [1.29, 1.82) is 0 Å². The predicted octanol–water partition coefficient (Wildman–Crippen LogP) is 4.31. The lowest BCUT2D eigenvalue weighted by atomic mass is 9.80. The number of halogens is 1. The number of anilines is 1. The largest absolute Gasteiger partial charge is 0.351 e. The van der Waals surface area contributed by atoms with E-state index in [9.17, 15) is 9.59 Å². The number of hydrogen-bond donors (Lipinski definition) is 2. The molecule has 24 heavy (non-hydrogen) atoms. The summed E-state index contributed by atoms with van der Waals surface area (Å²) in [7, 11) is 0. The second-order valence-corrected chi connectivity index (χ2v) is 8.10. The number of benzene rings is 1. The molecule has 1 aromatic carbocycles. The fourth-order valence-electron chi connectivity index (χ4n) is 3.07. The number of rotatable bonds is 3. The molecule has 2 amide bonds. The van der Waals surface area contributed by atoms with Gasteiger partial charge in [0.25, 0.3) is 0 Å². The van der Waals surface area contributed by atoms with Crippen LogP contribution < -0.4 is 10.6 Å². The van der Waals surface area contributed by atoms with Gasteiger partial charge in [-0.1, -0.05) is 17.7 Å². The lowest BCUT2D eigenvalue weighted by molar-refractivity contribution is -0.129. The molecule has 0 aromatic heterocycles. The summed E-state index contributed by atoms with van der Waals surface area (Å²) in [5, 5.41) is 6.66. The molecule has 132 valence electrons. The molecular weight excluding hydrogens is 324 g/mol. The quantitative estimate of drug-likeness (QED) is 0.853. The Morgan fingerprint density at radius 1 is 1.04 bits per heavy atom. The number of carbonyl (C=O) groups excluding carboxylic acids is 2. The Morgan fingerprint density at radius 2 is 1.58 bits per heavy atom. The first kappa shape index (κ1) is 18.8. The minimum atomic E-state index is -0.213. The molecule has 5 heteroatoms. The van der Waals surface area contributed by atoms with Gasteiger partial charge in [0.05, 0.1) is 0 Å². The fraction of sp³-hybridized carbons (Fsp3) is 0.579. The highest BCUT2D eigenvalue weighted by Crippen LogP contribution is 2.31. The first-order valence-corrected chi connectivity index (χ1v) is 8.93. The third-order valence-corrected chi connectivity index (χ3v) is 4.90.